The largest absolute Gasteiger partial charge is 0.467 e. The number of furan rings is 1. The van der Waals surface area contributed by atoms with Crippen LogP contribution in [0.5, 0.6) is 0 Å². The molecular formula is C13H14ClNO. The maximum atomic E-state index is 6.18. The molecule has 0 spiro atoms. The summed E-state index contributed by atoms with van der Waals surface area (Å²) in [6.45, 7) is 4.67. The van der Waals surface area contributed by atoms with Crippen LogP contribution in [-0.4, -0.2) is 0 Å². The summed E-state index contributed by atoms with van der Waals surface area (Å²) >= 11 is 6.18. The van der Waals surface area contributed by atoms with Crippen LogP contribution in [0.25, 0.3) is 0 Å². The average Bonchev–Trinajstić information content (AvgIpc) is 2.67. The van der Waals surface area contributed by atoms with Crippen molar-refractivity contribution in [2.24, 2.45) is 0 Å². The molecule has 0 saturated heterocycles. The van der Waals surface area contributed by atoms with E-state index in [1.165, 1.54) is 0 Å². The lowest BCUT2D eigenvalue weighted by molar-refractivity contribution is 0.515. The van der Waals surface area contributed by atoms with Gasteiger partial charge in [-0.05, 0) is 37.1 Å². The Kier molecular flexibility index (Phi) is 3.20. The van der Waals surface area contributed by atoms with E-state index in [1.54, 1.807) is 6.26 Å². The van der Waals surface area contributed by atoms with Crippen molar-refractivity contribution in [1.29, 1.82) is 0 Å². The molecule has 0 aliphatic carbocycles. The number of halogens is 1. The number of nitrogens with one attached hydrogen (secondary N) is 1. The van der Waals surface area contributed by atoms with Crippen LogP contribution in [0.4, 0.5) is 5.69 Å². The summed E-state index contributed by atoms with van der Waals surface area (Å²) in [6, 6.07) is 7.90. The minimum absolute atomic E-state index is 0.655. The third-order valence-corrected chi connectivity index (χ3v) is 3.10. The topological polar surface area (TPSA) is 25.2 Å². The van der Waals surface area contributed by atoms with Crippen LogP contribution in [-0.2, 0) is 6.54 Å². The van der Waals surface area contributed by atoms with Crippen molar-refractivity contribution in [3.8, 4) is 0 Å². The van der Waals surface area contributed by atoms with Crippen LogP contribution in [0.2, 0.25) is 5.02 Å². The zero-order valence-corrected chi connectivity index (χ0v) is 10.1. The van der Waals surface area contributed by atoms with E-state index in [9.17, 15) is 0 Å². The molecule has 0 atom stereocenters. The van der Waals surface area contributed by atoms with E-state index in [2.05, 4.69) is 5.32 Å². The number of rotatable bonds is 3. The van der Waals surface area contributed by atoms with Crippen molar-refractivity contribution in [2.75, 3.05) is 5.32 Å². The van der Waals surface area contributed by atoms with E-state index < -0.39 is 0 Å². The Morgan fingerprint density at radius 2 is 2.00 bits per heavy atom. The SMILES string of the molecule is Cc1ccoc1CNc1cccc(C)c1Cl. The zero-order valence-electron chi connectivity index (χ0n) is 9.38. The Morgan fingerprint density at radius 3 is 2.69 bits per heavy atom. The van der Waals surface area contributed by atoms with Crippen LogP contribution < -0.4 is 5.32 Å². The van der Waals surface area contributed by atoms with Crippen LogP contribution in [0, 0.1) is 13.8 Å². The Bertz CT molecular complexity index is 490. The monoisotopic (exact) mass is 235 g/mol. The highest BCUT2D eigenvalue weighted by molar-refractivity contribution is 6.33. The molecule has 0 saturated carbocycles. The lowest BCUT2D eigenvalue weighted by Gasteiger charge is -2.09. The minimum atomic E-state index is 0.655. The highest BCUT2D eigenvalue weighted by atomic mass is 35.5. The molecule has 1 N–H and O–H groups in total. The maximum absolute atomic E-state index is 6.18. The Morgan fingerprint density at radius 1 is 1.19 bits per heavy atom. The van der Waals surface area contributed by atoms with Crippen molar-refractivity contribution < 1.29 is 4.42 Å². The Balaban J connectivity index is 2.11. The first-order valence-corrected chi connectivity index (χ1v) is 5.58. The molecule has 3 heteroatoms. The van der Waals surface area contributed by atoms with E-state index in [1.807, 2.05) is 38.1 Å². The molecule has 0 aliphatic rings. The van der Waals surface area contributed by atoms with Crippen LogP contribution in [0.1, 0.15) is 16.9 Å². The zero-order chi connectivity index (χ0) is 11.5. The lowest BCUT2D eigenvalue weighted by Crippen LogP contribution is -2.00. The molecule has 1 heterocycles. The van der Waals surface area contributed by atoms with Gasteiger partial charge in [-0.15, -0.1) is 0 Å². The Labute approximate surface area is 100 Å². The molecule has 0 amide bonds. The molecule has 1 aromatic heterocycles. The average molecular weight is 236 g/mol. The van der Waals surface area contributed by atoms with Gasteiger partial charge < -0.3 is 9.73 Å². The summed E-state index contributed by atoms with van der Waals surface area (Å²) in [4.78, 5) is 0. The van der Waals surface area contributed by atoms with Gasteiger partial charge in [0, 0.05) is 0 Å². The third-order valence-electron chi connectivity index (χ3n) is 2.60. The number of aryl methyl sites for hydroxylation is 2. The summed E-state index contributed by atoms with van der Waals surface area (Å²) in [5, 5.41) is 4.04. The number of anilines is 1. The fraction of sp³-hybridized carbons (Fsp3) is 0.231. The molecule has 0 fully saturated rings. The van der Waals surface area contributed by atoms with Gasteiger partial charge in [0.05, 0.1) is 23.5 Å². The van der Waals surface area contributed by atoms with Gasteiger partial charge in [0.2, 0.25) is 0 Å². The highest BCUT2D eigenvalue weighted by Gasteiger charge is 2.05. The quantitative estimate of drug-likeness (QED) is 0.864. The van der Waals surface area contributed by atoms with Gasteiger partial charge >= 0.3 is 0 Å². The molecular weight excluding hydrogens is 222 g/mol. The molecule has 84 valence electrons. The van der Waals surface area contributed by atoms with Gasteiger partial charge in [-0.2, -0.15) is 0 Å². The lowest BCUT2D eigenvalue weighted by atomic mass is 10.2. The first-order valence-electron chi connectivity index (χ1n) is 5.20. The van der Waals surface area contributed by atoms with Gasteiger partial charge in [0.15, 0.2) is 0 Å². The smallest absolute Gasteiger partial charge is 0.125 e. The van der Waals surface area contributed by atoms with Gasteiger partial charge in [-0.1, -0.05) is 23.7 Å². The van der Waals surface area contributed by atoms with Crippen LogP contribution >= 0.6 is 11.6 Å². The molecule has 1 aromatic carbocycles. The standard InChI is InChI=1S/C13H14ClNO/c1-9-6-7-16-12(9)8-15-11-5-3-4-10(2)13(11)14/h3-7,15H,8H2,1-2H3. The van der Waals surface area contributed by atoms with E-state index in [0.717, 1.165) is 27.6 Å². The Hall–Kier alpha value is -1.41. The van der Waals surface area contributed by atoms with E-state index in [0.29, 0.717) is 6.54 Å². The van der Waals surface area contributed by atoms with E-state index in [4.69, 9.17) is 16.0 Å². The molecule has 16 heavy (non-hydrogen) atoms. The van der Waals surface area contributed by atoms with E-state index in [-0.39, 0.29) is 0 Å². The number of benzene rings is 1. The van der Waals surface area contributed by atoms with Gasteiger partial charge in [0.25, 0.3) is 0 Å². The van der Waals surface area contributed by atoms with Crippen molar-refractivity contribution >= 4 is 17.3 Å². The highest BCUT2D eigenvalue weighted by Crippen LogP contribution is 2.25. The van der Waals surface area contributed by atoms with Gasteiger partial charge in [0.1, 0.15) is 5.76 Å². The van der Waals surface area contributed by atoms with Crippen molar-refractivity contribution in [3.05, 3.63) is 52.4 Å². The maximum Gasteiger partial charge on any atom is 0.125 e. The molecule has 2 nitrogen and oxygen atoms in total. The van der Waals surface area contributed by atoms with E-state index >= 15 is 0 Å². The van der Waals surface area contributed by atoms with Gasteiger partial charge in [-0.3, -0.25) is 0 Å². The number of hydrogen-bond acceptors (Lipinski definition) is 2. The first kappa shape index (κ1) is 11.1. The summed E-state index contributed by atoms with van der Waals surface area (Å²) < 4.78 is 5.35. The minimum Gasteiger partial charge on any atom is -0.467 e. The molecule has 2 aromatic rings. The molecule has 0 aliphatic heterocycles. The number of hydrogen-bond donors (Lipinski definition) is 1. The molecule has 0 radical (unpaired) electrons. The second-order valence-electron chi connectivity index (χ2n) is 3.82. The normalized spacial score (nSPS) is 10.4. The first-order chi connectivity index (χ1) is 7.68. The summed E-state index contributed by atoms with van der Waals surface area (Å²) in [6.07, 6.45) is 1.70. The van der Waals surface area contributed by atoms with Crippen LogP contribution in [0.15, 0.2) is 34.9 Å². The fourth-order valence-electron chi connectivity index (χ4n) is 1.54. The summed E-state index contributed by atoms with van der Waals surface area (Å²) in [5.41, 5.74) is 3.16. The molecule has 0 bridgehead atoms. The summed E-state index contributed by atoms with van der Waals surface area (Å²) in [7, 11) is 0. The molecule has 2 rings (SSSR count). The van der Waals surface area contributed by atoms with Gasteiger partial charge in [-0.25, -0.2) is 0 Å². The second-order valence-corrected chi connectivity index (χ2v) is 4.19. The second kappa shape index (κ2) is 4.62. The predicted molar refractivity (Wildman–Crippen MR) is 67.0 cm³/mol. The van der Waals surface area contributed by atoms with Crippen LogP contribution in [0.3, 0.4) is 0 Å². The predicted octanol–water partition coefficient (Wildman–Crippen LogP) is 4.16. The third kappa shape index (κ3) is 2.22. The van der Waals surface area contributed by atoms with Crippen molar-refractivity contribution in [1.82, 2.24) is 0 Å². The fourth-order valence-corrected chi connectivity index (χ4v) is 1.74. The van der Waals surface area contributed by atoms with Crippen molar-refractivity contribution in [3.63, 3.8) is 0 Å². The molecule has 0 unspecified atom stereocenters. The van der Waals surface area contributed by atoms with Crippen molar-refractivity contribution in [2.45, 2.75) is 20.4 Å². The summed E-state index contributed by atoms with van der Waals surface area (Å²) in [5.74, 6) is 0.942.